The van der Waals surface area contributed by atoms with Crippen molar-refractivity contribution in [1.29, 1.82) is 0 Å². The summed E-state index contributed by atoms with van der Waals surface area (Å²) in [5.41, 5.74) is 5.08. The van der Waals surface area contributed by atoms with E-state index in [1.807, 2.05) is 6.92 Å². The van der Waals surface area contributed by atoms with Gasteiger partial charge in [-0.3, -0.25) is 4.99 Å². The van der Waals surface area contributed by atoms with Gasteiger partial charge in [-0.05, 0) is 37.8 Å². The highest BCUT2D eigenvalue weighted by Crippen LogP contribution is 2.22. The van der Waals surface area contributed by atoms with Crippen molar-refractivity contribution < 1.29 is 0 Å². The van der Waals surface area contributed by atoms with E-state index >= 15 is 0 Å². The summed E-state index contributed by atoms with van der Waals surface area (Å²) in [6.45, 7) is 7.88. The van der Waals surface area contributed by atoms with Gasteiger partial charge >= 0.3 is 0 Å². The van der Waals surface area contributed by atoms with Gasteiger partial charge in [0.25, 0.3) is 0 Å². The average molecular weight is 370 g/mol. The highest BCUT2D eigenvalue weighted by Gasteiger charge is 2.08. The van der Waals surface area contributed by atoms with Crippen LogP contribution in [0.3, 0.4) is 0 Å². The van der Waals surface area contributed by atoms with Crippen LogP contribution < -0.4 is 10.6 Å². The number of para-hydroxylation sites is 1. The second kappa shape index (κ2) is 8.36. The molecule has 0 aliphatic carbocycles. The van der Waals surface area contributed by atoms with E-state index in [0.717, 1.165) is 36.0 Å². The second-order valence-electron chi connectivity index (χ2n) is 6.36. The fourth-order valence-corrected chi connectivity index (χ4v) is 3.96. The molecule has 5 nitrogen and oxygen atoms in total. The molecule has 0 spiro atoms. The first-order valence-corrected chi connectivity index (χ1v) is 9.89. The minimum Gasteiger partial charge on any atom is -0.361 e. The van der Waals surface area contributed by atoms with Crippen LogP contribution in [0, 0.1) is 13.8 Å². The first kappa shape index (κ1) is 18.5. The maximum atomic E-state index is 4.56. The van der Waals surface area contributed by atoms with E-state index in [2.05, 4.69) is 63.8 Å². The minimum atomic E-state index is 0.700. The Bertz CT molecular complexity index is 887. The summed E-state index contributed by atoms with van der Waals surface area (Å²) in [7, 11) is 1.80. The van der Waals surface area contributed by atoms with Crippen molar-refractivity contribution in [3.8, 4) is 0 Å². The van der Waals surface area contributed by atoms with E-state index in [-0.39, 0.29) is 0 Å². The Labute approximate surface area is 159 Å². The number of nitrogens with zero attached hydrogens (tertiary/aromatic N) is 2. The Kier molecular flexibility index (Phi) is 5.93. The molecule has 3 aromatic rings. The van der Waals surface area contributed by atoms with Gasteiger partial charge in [0.05, 0.1) is 12.2 Å². The first-order valence-electron chi connectivity index (χ1n) is 9.07. The van der Waals surface area contributed by atoms with Gasteiger partial charge < -0.3 is 15.6 Å². The van der Waals surface area contributed by atoms with Gasteiger partial charge in [0.1, 0.15) is 5.01 Å². The summed E-state index contributed by atoms with van der Waals surface area (Å²) in [6.07, 6.45) is 4.12. The van der Waals surface area contributed by atoms with E-state index in [1.54, 1.807) is 18.4 Å². The van der Waals surface area contributed by atoms with Gasteiger partial charge in [-0.25, -0.2) is 4.98 Å². The number of nitrogens with one attached hydrogen (secondary N) is 3. The lowest BCUT2D eigenvalue weighted by atomic mass is 10.1. The number of H-pyrrole nitrogens is 1. The lowest BCUT2D eigenvalue weighted by molar-refractivity contribution is 0.792. The molecule has 3 N–H and O–H groups in total. The Morgan fingerprint density at radius 1 is 1.23 bits per heavy atom. The summed E-state index contributed by atoms with van der Waals surface area (Å²) in [6, 6.07) is 6.53. The molecule has 0 aliphatic rings. The number of hydrogen-bond acceptors (Lipinski definition) is 3. The van der Waals surface area contributed by atoms with Crippen molar-refractivity contribution in [1.82, 2.24) is 20.6 Å². The summed E-state index contributed by atoms with van der Waals surface area (Å²) in [4.78, 5) is 13.6. The highest BCUT2D eigenvalue weighted by molar-refractivity contribution is 7.11. The van der Waals surface area contributed by atoms with Gasteiger partial charge in [-0.2, -0.15) is 0 Å². The summed E-state index contributed by atoms with van der Waals surface area (Å²) >= 11 is 1.73. The standard InChI is InChI=1S/C20H27N5S/c1-5-15-7-6-8-17-16(11-23-19(15)17)9-10-22-20(21-4)24-12-18-25-13(2)14(3)26-18/h6-8,11,23H,5,9-10,12H2,1-4H3,(H2,21,22,24). The molecule has 0 saturated heterocycles. The van der Waals surface area contributed by atoms with Crippen LogP contribution in [0.5, 0.6) is 0 Å². The molecule has 0 saturated carbocycles. The Morgan fingerprint density at radius 2 is 2.08 bits per heavy atom. The number of aromatic nitrogens is 2. The summed E-state index contributed by atoms with van der Waals surface area (Å²) in [5.74, 6) is 0.810. The number of rotatable bonds is 6. The van der Waals surface area contributed by atoms with Crippen molar-refractivity contribution in [2.45, 2.75) is 40.2 Å². The minimum absolute atomic E-state index is 0.700. The van der Waals surface area contributed by atoms with Crippen LogP contribution in [0.15, 0.2) is 29.4 Å². The zero-order chi connectivity index (χ0) is 18.5. The molecule has 2 aromatic heterocycles. The maximum absolute atomic E-state index is 4.56. The van der Waals surface area contributed by atoms with Gasteiger partial charge in [0, 0.05) is 35.6 Å². The molecule has 2 heterocycles. The summed E-state index contributed by atoms with van der Waals surface area (Å²) in [5, 5.41) is 9.15. The molecular formula is C20H27N5S. The average Bonchev–Trinajstić information content (AvgIpc) is 3.21. The predicted octanol–water partition coefficient (Wildman–Crippen LogP) is 3.71. The van der Waals surface area contributed by atoms with Crippen LogP contribution in [0.2, 0.25) is 0 Å². The SMILES string of the molecule is CCc1cccc2c(CCNC(=NC)NCc3nc(C)c(C)s3)c[nH]c12. The van der Waals surface area contributed by atoms with Crippen molar-refractivity contribution in [2.24, 2.45) is 4.99 Å². The van der Waals surface area contributed by atoms with E-state index in [9.17, 15) is 0 Å². The molecule has 3 rings (SSSR count). The van der Waals surface area contributed by atoms with Gasteiger partial charge in [0.15, 0.2) is 5.96 Å². The third-order valence-corrected chi connectivity index (χ3v) is 5.73. The zero-order valence-electron chi connectivity index (χ0n) is 15.9. The van der Waals surface area contributed by atoms with Gasteiger partial charge in [-0.15, -0.1) is 11.3 Å². The molecule has 138 valence electrons. The fourth-order valence-electron chi connectivity index (χ4n) is 3.09. The number of aliphatic imine (C=N–C) groups is 1. The van der Waals surface area contributed by atoms with E-state index in [4.69, 9.17) is 0 Å². The Hall–Kier alpha value is -2.34. The van der Waals surface area contributed by atoms with Crippen LogP contribution in [0.1, 0.15) is 33.6 Å². The predicted molar refractivity (Wildman–Crippen MR) is 111 cm³/mol. The molecule has 26 heavy (non-hydrogen) atoms. The topological polar surface area (TPSA) is 65.1 Å². The molecule has 0 amide bonds. The highest BCUT2D eigenvalue weighted by atomic mass is 32.1. The van der Waals surface area contributed by atoms with Crippen LogP contribution in [0.25, 0.3) is 10.9 Å². The molecule has 0 bridgehead atoms. The van der Waals surface area contributed by atoms with Crippen molar-refractivity contribution in [3.63, 3.8) is 0 Å². The lowest BCUT2D eigenvalue weighted by Gasteiger charge is -2.10. The van der Waals surface area contributed by atoms with Crippen LogP contribution >= 0.6 is 11.3 Å². The van der Waals surface area contributed by atoms with Crippen LogP contribution in [-0.4, -0.2) is 29.5 Å². The van der Waals surface area contributed by atoms with Crippen molar-refractivity contribution >= 4 is 28.2 Å². The number of aromatic amines is 1. The van der Waals surface area contributed by atoms with Crippen molar-refractivity contribution in [3.05, 3.63) is 51.1 Å². The molecule has 6 heteroatoms. The van der Waals surface area contributed by atoms with E-state index < -0.39 is 0 Å². The molecule has 0 atom stereocenters. The van der Waals surface area contributed by atoms with Crippen molar-refractivity contribution in [2.75, 3.05) is 13.6 Å². The van der Waals surface area contributed by atoms with E-state index in [1.165, 1.54) is 26.9 Å². The largest absolute Gasteiger partial charge is 0.361 e. The monoisotopic (exact) mass is 369 g/mol. The number of aryl methyl sites for hydroxylation is 3. The van der Waals surface area contributed by atoms with Gasteiger partial charge in [0.2, 0.25) is 0 Å². The number of benzene rings is 1. The number of guanidine groups is 1. The lowest BCUT2D eigenvalue weighted by Crippen LogP contribution is -2.37. The molecule has 0 fully saturated rings. The number of hydrogen-bond donors (Lipinski definition) is 3. The molecule has 1 aromatic carbocycles. The van der Waals surface area contributed by atoms with Crippen LogP contribution in [-0.2, 0) is 19.4 Å². The third kappa shape index (κ3) is 4.07. The molecule has 0 unspecified atom stereocenters. The molecular weight excluding hydrogens is 342 g/mol. The third-order valence-electron chi connectivity index (χ3n) is 4.66. The Morgan fingerprint density at radius 3 is 2.77 bits per heavy atom. The number of thiazole rings is 1. The normalized spacial score (nSPS) is 11.9. The second-order valence-corrected chi connectivity index (χ2v) is 7.65. The quantitative estimate of drug-likeness (QED) is 0.458. The maximum Gasteiger partial charge on any atom is 0.191 e. The first-order chi connectivity index (χ1) is 12.6. The summed E-state index contributed by atoms with van der Waals surface area (Å²) < 4.78 is 0. The fraction of sp³-hybridized carbons (Fsp3) is 0.400. The van der Waals surface area contributed by atoms with Crippen LogP contribution in [0.4, 0.5) is 0 Å². The smallest absolute Gasteiger partial charge is 0.191 e. The Balaban J connectivity index is 1.55. The zero-order valence-corrected chi connectivity index (χ0v) is 16.8. The molecule has 0 aliphatic heterocycles. The van der Waals surface area contributed by atoms with E-state index in [0.29, 0.717) is 6.54 Å². The molecule has 0 radical (unpaired) electrons. The van der Waals surface area contributed by atoms with Gasteiger partial charge in [-0.1, -0.05) is 25.1 Å². The number of fused-ring (bicyclic) bond motifs is 1.